The van der Waals surface area contributed by atoms with Crippen LogP contribution in [0.5, 0.6) is 0 Å². The van der Waals surface area contributed by atoms with Gasteiger partial charge in [-0.1, -0.05) is 115 Å². The van der Waals surface area contributed by atoms with Crippen molar-refractivity contribution in [2.45, 2.75) is 5.66 Å². The molecule has 9 aromatic rings. The first-order chi connectivity index (χ1) is 38.0. The number of Topliss-reactive ketones (excluding diaryl/α,β-unsaturated/α-hetero) is 1. The lowest BCUT2D eigenvalue weighted by Crippen LogP contribution is -2.81. The highest BCUT2D eigenvalue weighted by atomic mass is 31.2. The summed E-state index contributed by atoms with van der Waals surface area (Å²) in [7, 11) is -2.28. The highest BCUT2D eigenvalue weighted by Gasteiger charge is 2.57. The molecule has 1 aliphatic rings. The predicted molar refractivity (Wildman–Crippen MR) is 258 cm³/mol. The second kappa shape index (κ2) is 21.4. The summed E-state index contributed by atoms with van der Waals surface area (Å²) in [6.07, 6.45) is -6.73. The number of rotatable bonds is 10. The molecule has 0 radical (unpaired) electrons. The zero-order valence-corrected chi connectivity index (χ0v) is 40.5. The van der Waals surface area contributed by atoms with Crippen molar-refractivity contribution in [1.82, 2.24) is 0 Å². The summed E-state index contributed by atoms with van der Waals surface area (Å²) < 4.78 is 294. The molecule has 80 heavy (non-hydrogen) atoms. The number of hydrogen-bond acceptors (Lipinski definition) is 1. The first kappa shape index (κ1) is 56.5. The van der Waals surface area contributed by atoms with Gasteiger partial charge < -0.3 is 0 Å². The van der Waals surface area contributed by atoms with Gasteiger partial charge in [0.25, 0.3) is 0 Å². The van der Waals surface area contributed by atoms with Gasteiger partial charge in [0.15, 0.2) is 69.8 Å². The summed E-state index contributed by atoms with van der Waals surface area (Å²) in [5.74, 6) is -71.2. The van der Waals surface area contributed by atoms with Gasteiger partial charge in [-0.2, -0.15) is 0 Å². The first-order valence-corrected chi connectivity index (χ1v) is 25.0. The summed E-state index contributed by atoms with van der Waals surface area (Å²) in [5.41, 5.74) is -8.20. The minimum absolute atomic E-state index is 0.118. The summed E-state index contributed by atoms with van der Waals surface area (Å²) in [6.45, 7) is 0. The maximum Gasteiger partial charge on any atom is 0.200 e. The zero-order valence-electron chi connectivity index (χ0n) is 39.6. The lowest BCUT2D eigenvalue weighted by Gasteiger charge is -2.44. The van der Waals surface area contributed by atoms with Crippen molar-refractivity contribution in [3.63, 3.8) is 0 Å². The lowest BCUT2D eigenvalue weighted by molar-refractivity contribution is 0.102. The Hall–Kier alpha value is -8.26. The minimum atomic E-state index is -7.22. The summed E-state index contributed by atoms with van der Waals surface area (Å²) in [5, 5.41) is 2.54. The molecule has 0 heterocycles. The number of ketones is 1. The Bertz CT molecular complexity index is 3490. The molecule has 23 heteroatoms. The zero-order chi connectivity index (χ0) is 58.0. The standard InChI is InChI=1S/C33H26OP.C24BF20/c34-32(25-14-4-1-5-15-25)24-35(26-16-6-2-7-17-26,27-18-8-3-9-19-27)33-30-22-12-10-20-28(30)29-21-11-13-23-31(29)33;26-5-1(6(27)14(35)21(42)13(5)34)25(2-7(28)15(36)22(43)16(37)8(2)29,3-9(30)17(38)23(44)18(39)10(3)31)4-11(32)19(40)24(45)20(41)12(4)33/h1-23,33H,24H2;/q+1;-1. The molecule has 0 N–H and O–H groups in total. The highest BCUT2D eigenvalue weighted by Crippen LogP contribution is 2.73. The number of halogens is 20. The van der Waals surface area contributed by atoms with Gasteiger partial charge in [0, 0.05) is 16.7 Å². The topological polar surface area (TPSA) is 17.1 Å². The van der Waals surface area contributed by atoms with E-state index in [4.69, 9.17) is 0 Å². The average molecular weight is 1150 g/mol. The van der Waals surface area contributed by atoms with Crippen LogP contribution in [0.4, 0.5) is 87.8 Å². The Morgan fingerprint density at radius 2 is 0.525 bits per heavy atom. The number of carbonyl (C=O) groups excluding carboxylic acids is 1. The monoisotopic (exact) mass is 1150 g/mol. The van der Waals surface area contributed by atoms with E-state index in [1.54, 1.807) is 0 Å². The van der Waals surface area contributed by atoms with E-state index in [2.05, 4.69) is 109 Å². The lowest BCUT2D eigenvalue weighted by atomic mass is 9.12. The third-order valence-corrected chi connectivity index (χ3v) is 18.5. The van der Waals surface area contributed by atoms with E-state index < -0.39 is 152 Å². The van der Waals surface area contributed by atoms with Crippen LogP contribution in [0.15, 0.2) is 140 Å². The van der Waals surface area contributed by atoms with E-state index in [0.29, 0.717) is 6.16 Å². The van der Waals surface area contributed by atoms with Crippen LogP contribution in [0.1, 0.15) is 27.1 Å². The molecule has 408 valence electrons. The van der Waals surface area contributed by atoms with Crippen LogP contribution < -0.4 is 32.5 Å². The quantitative estimate of drug-likeness (QED) is 0.0333. The molecule has 0 amide bonds. The number of fused-ring (bicyclic) bond motifs is 3. The van der Waals surface area contributed by atoms with Crippen molar-refractivity contribution in [2.75, 3.05) is 6.16 Å². The first-order valence-electron chi connectivity index (χ1n) is 23.0. The van der Waals surface area contributed by atoms with Gasteiger partial charge in [-0.15, -0.1) is 21.9 Å². The van der Waals surface area contributed by atoms with Crippen LogP contribution in [0.2, 0.25) is 0 Å². The summed E-state index contributed by atoms with van der Waals surface area (Å²) >= 11 is 0. The molecule has 0 aromatic heterocycles. The predicted octanol–water partition coefficient (Wildman–Crippen LogP) is 13.2. The van der Waals surface area contributed by atoms with Crippen molar-refractivity contribution < 1.29 is 92.6 Å². The average Bonchev–Trinajstić information content (AvgIpc) is 3.20. The molecule has 0 atom stereocenters. The van der Waals surface area contributed by atoms with Crippen molar-refractivity contribution in [3.05, 3.63) is 273 Å². The minimum Gasteiger partial charge on any atom is -0.290 e. The highest BCUT2D eigenvalue weighted by molar-refractivity contribution is 7.90. The molecule has 0 fully saturated rings. The van der Waals surface area contributed by atoms with Gasteiger partial charge in [-0.25, -0.2) is 87.8 Å². The number of benzene rings is 9. The van der Waals surface area contributed by atoms with Gasteiger partial charge in [-0.05, 0) is 35.4 Å². The Balaban J connectivity index is 0.000000199. The maximum absolute atomic E-state index is 15.4. The Morgan fingerprint density at radius 1 is 0.300 bits per heavy atom. The van der Waals surface area contributed by atoms with Crippen LogP contribution in [0, 0.1) is 116 Å². The third kappa shape index (κ3) is 8.52. The Morgan fingerprint density at radius 3 is 0.800 bits per heavy atom. The van der Waals surface area contributed by atoms with Crippen molar-refractivity contribution in [2.24, 2.45) is 0 Å². The number of hydrogen-bond donors (Lipinski definition) is 0. The molecule has 0 bridgehead atoms. The van der Waals surface area contributed by atoms with E-state index >= 15 is 35.1 Å². The smallest absolute Gasteiger partial charge is 0.200 e. The molecule has 10 rings (SSSR count). The third-order valence-electron chi connectivity index (χ3n) is 13.9. The summed E-state index contributed by atoms with van der Waals surface area (Å²) in [4.78, 5) is 14.0. The second-order valence-corrected chi connectivity index (χ2v) is 21.5. The van der Waals surface area contributed by atoms with Crippen LogP contribution in [0.3, 0.4) is 0 Å². The SMILES string of the molecule is Fc1c(F)c(F)c([B-](c2c(F)c(F)c(F)c(F)c2F)(c2c(F)c(F)c(F)c(F)c2F)c2c(F)c(F)c(F)c(F)c2F)c(F)c1F.O=C(C[P+](c1ccccc1)(c1ccccc1)C1c2ccccc2-c2ccccc21)c1ccccc1. The molecule has 0 saturated carbocycles. The molecule has 0 unspecified atom stereocenters. The second-order valence-electron chi connectivity index (χ2n) is 17.9. The normalized spacial score (nSPS) is 12.3. The van der Waals surface area contributed by atoms with E-state index in [-0.39, 0.29) is 11.4 Å². The van der Waals surface area contributed by atoms with Gasteiger partial charge in [-0.3, -0.25) is 4.79 Å². The van der Waals surface area contributed by atoms with Crippen LogP contribution in [-0.2, 0) is 0 Å². The van der Waals surface area contributed by atoms with Crippen molar-refractivity contribution in [1.29, 1.82) is 0 Å². The molecule has 1 nitrogen and oxygen atoms in total. The van der Waals surface area contributed by atoms with E-state index in [9.17, 15) is 57.5 Å². The number of carbonyl (C=O) groups is 1. The van der Waals surface area contributed by atoms with Gasteiger partial charge in [0.05, 0.1) is 7.26 Å². The Labute approximate surface area is 438 Å². The van der Waals surface area contributed by atoms with Gasteiger partial charge >= 0.3 is 0 Å². The maximum atomic E-state index is 15.4. The molecule has 0 spiro atoms. The fourth-order valence-electron chi connectivity index (χ4n) is 10.5. The fraction of sp³-hybridized carbons (Fsp3) is 0.0351. The van der Waals surface area contributed by atoms with Crippen LogP contribution >= 0.6 is 7.26 Å². The van der Waals surface area contributed by atoms with E-state index in [1.165, 1.54) is 32.9 Å². The molecular weight excluding hydrogens is 1120 g/mol. The molecular formula is C57H26BF20OP. The van der Waals surface area contributed by atoms with Crippen molar-refractivity contribution in [3.8, 4) is 11.1 Å². The van der Waals surface area contributed by atoms with Crippen molar-refractivity contribution >= 4 is 51.7 Å². The Kier molecular flexibility index (Phi) is 15.1. The van der Waals surface area contributed by atoms with Gasteiger partial charge in [0.2, 0.25) is 5.78 Å². The molecule has 0 aliphatic heterocycles. The molecule has 1 aliphatic carbocycles. The van der Waals surface area contributed by atoms with Crippen LogP contribution in [0.25, 0.3) is 11.1 Å². The largest absolute Gasteiger partial charge is 0.290 e. The molecule has 9 aromatic carbocycles. The molecule has 0 saturated heterocycles. The fourth-order valence-corrected chi connectivity index (χ4v) is 15.4. The van der Waals surface area contributed by atoms with Crippen LogP contribution in [-0.4, -0.2) is 18.1 Å². The van der Waals surface area contributed by atoms with Gasteiger partial charge in [0.1, 0.15) is 75.1 Å². The van der Waals surface area contributed by atoms with E-state index in [0.717, 1.165) is 5.56 Å². The summed E-state index contributed by atoms with van der Waals surface area (Å²) in [6, 6.07) is 48.9. The van der Waals surface area contributed by atoms with E-state index in [1.807, 2.05) is 30.3 Å².